The summed E-state index contributed by atoms with van der Waals surface area (Å²) >= 11 is 0. The van der Waals surface area contributed by atoms with Crippen molar-refractivity contribution in [2.45, 2.75) is 40.0 Å². The second-order valence-corrected chi connectivity index (χ2v) is 4.65. The standard InChI is InChI=1S/C14H26N4/c1-4-12(5-2)11-18(6-3)14-16-9-13(7-8-15)10-17-14/h9-10,12H,4-8,11,15H2,1-3H3. The Morgan fingerprint density at radius 2 is 1.78 bits per heavy atom. The molecule has 1 rings (SSSR count). The molecule has 0 saturated heterocycles. The third-order valence-electron chi connectivity index (χ3n) is 3.42. The zero-order valence-corrected chi connectivity index (χ0v) is 11.9. The summed E-state index contributed by atoms with van der Waals surface area (Å²) < 4.78 is 0. The van der Waals surface area contributed by atoms with Crippen LogP contribution in [0.5, 0.6) is 0 Å². The third-order valence-corrected chi connectivity index (χ3v) is 3.42. The molecule has 1 aromatic heterocycles. The highest BCUT2D eigenvalue weighted by atomic mass is 15.2. The maximum atomic E-state index is 5.52. The smallest absolute Gasteiger partial charge is 0.225 e. The van der Waals surface area contributed by atoms with Gasteiger partial charge in [-0.2, -0.15) is 0 Å². The molecule has 0 aromatic carbocycles. The number of nitrogens with two attached hydrogens (primary N) is 1. The SMILES string of the molecule is CCC(CC)CN(CC)c1ncc(CCN)cn1. The molecule has 0 radical (unpaired) electrons. The summed E-state index contributed by atoms with van der Waals surface area (Å²) in [5.41, 5.74) is 6.63. The van der Waals surface area contributed by atoms with Crippen molar-refractivity contribution in [3.63, 3.8) is 0 Å². The minimum absolute atomic E-state index is 0.647. The largest absolute Gasteiger partial charge is 0.341 e. The van der Waals surface area contributed by atoms with Crippen LogP contribution in [0.15, 0.2) is 12.4 Å². The van der Waals surface area contributed by atoms with Gasteiger partial charge in [-0.1, -0.05) is 26.7 Å². The first-order chi connectivity index (χ1) is 8.74. The van der Waals surface area contributed by atoms with Crippen molar-refractivity contribution in [2.75, 3.05) is 24.5 Å². The molecule has 102 valence electrons. The summed E-state index contributed by atoms with van der Waals surface area (Å²) in [5, 5.41) is 0. The average Bonchev–Trinajstić information content (AvgIpc) is 2.42. The number of hydrogen-bond acceptors (Lipinski definition) is 4. The van der Waals surface area contributed by atoms with Crippen LogP contribution in [0.1, 0.15) is 39.2 Å². The van der Waals surface area contributed by atoms with Gasteiger partial charge in [0.15, 0.2) is 0 Å². The third kappa shape index (κ3) is 4.26. The molecule has 4 heteroatoms. The Balaban J connectivity index is 2.69. The van der Waals surface area contributed by atoms with Gasteiger partial charge >= 0.3 is 0 Å². The highest BCUT2D eigenvalue weighted by Crippen LogP contribution is 2.14. The molecular formula is C14H26N4. The van der Waals surface area contributed by atoms with Gasteiger partial charge in [0.05, 0.1) is 0 Å². The molecule has 0 bridgehead atoms. The zero-order chi connectivity index (χ0) is 13.4. The van der Waals surface area contributed by atoms with Gasteiger partial charge in [-0.05, 0) is 31.4 Å². The maximum absolute atomic E-state index is 5.52. The van der Waals surface area contributed by atoms with Crippen LogP contribution < -0.4 is 10.6 Å². The fraction of sp³-hybridized carbons (Fsp3) is 0.714. The minimum atomic E-state index is 0.647. The molecule has 0 fully saturated rings. The van der Waals surface area contributed by atoms with Gasteiger partial charge in [-0.25, -0.2) is 9.97 Å². The summed E-state index contributed by atoms with van der Waals surface area (Å²) in [7, 11) is 0. The lowest BCUT2D eigenvalue weighted by atomic mass is 10.0. The lowest BCUT2D eigenvalue weighted by molar-refractivity contribution is 0.482. The molecule has 18 heavy (non-hydrogen) atoms. The van der Waals surface area contributed by atoms with Crippen molar-refractivity contribution in [1.29, 1.82) is 0 Å². The van der Waals surface area contributed by atoms with Crippen molar-refractivity contribution in [3.8, 4) is 0 Å². The predicted octanol–water partition coefficient (Wildman–Crippen LogP) is 2.24. The molecule has 0 amide bonds. The van der Waals surface area contributed by atoms with Crippen LogP contribution in [0, 0.1) is 5.92 Å². The maximum Gasteiger partial charge on any atom is 0.225 e. The second-order valence-electron chi connectivity index (χ2n) is 4.65. The van der Waals surface area contributed by atoms with E-state index in [1.807, 2.05) is 12.4 Å². The molecule has 0 atom stereocenters. The van der Waals surface area contributed by atoms with Crippen LogP contribution in [0.3, 0.4) is 0 Å². The van der Waals surface area contributed by atoms with Crippen LogP contribution >= 0.6 is 0 Å². The highest BCUT2D eigenvalue weighted by Gasteiger charge is 2.12. The molecule has 0 spiro atoms. The molecule has 0 aliphatic carbocycles. The Morgan fingerprint density at radius 1 is 1.17 bits per heavy atom. The number of anilines is 1. The van der Waals surface area contributed by atoms with Gasteiger partial charge < -0.3 is 10.6 Å². The second kappa shape index (κ2) is 8.03. The number of rotatable bonds is 8. The monoisotopic (exact) mass is 250 g/mol. The molecular weight excluding hydrogens is 224 g/mol. The Morgan fingerprint density at radius 3 is 2.22 bits per heavy atom. The summed E-state index contributed by atoms with van der Waals surface area (Å²) in [6.45, 7) is 9.28. The van der Waals surface area contributed by atoms with E-state index in [1.165, 1.54) is 12.8 Å². The number of nitrogens with zero attached hydrogens (tertiary/aromatic N) is 3. The van der Waals surface area contributed by atoms with Crippen LogP contribution in [-0.4, -0.2) is 29.6 Å². The topological polar surface area (TPSA) is 55.0 Å². The number of aromatic nitrogens is 2. The van der Waals surface area contributed by atoms with Crippen LogP contribution in [0.25, 0.3) is 0 Å². The lowest BCUT2D eigenvalue weighted by Gasteiger charge is -2.25. The summed E-state index contributed by atoms with van der Waals surface area (Å²) in [6, 6.07) is 0. The van der Waals surface area contributed by atoms with Gasteiger partial charge in [0.25, 0.3) is 0 Å². The lowest BCUT2D eigenvalue weighted by Crippen LogP contribution is -2.30. The van der Waals surface area contributed by atoms with E-state index in [0.29, 0.717) is 6.54 Å². The van der Waals surface area contributed by atoms with Crippen LogP contribution in [-0.2, 0) is 6.42 Å². The van der Waals surface area contributed by atoms with Crippen LogP contribution in [0.2, 0.25) is 0 Å². The van der Waals surface area contributed by atoms with E-state index in [1.54, 1.807) is 0 Å². The predicted molar refractivity (Wildman–Crippen MR) is 76.7 cm³/mol. The van der Waals surface area contributed by atoms with Crippen LogP contribution in [0.4, 0.5) is 5.95 Å². The van der Waals surface area contributed by atoms with Gasteiger partial charge in [0.1, 0.15) is 0 Å². The molecule has 4 nitrogen and oxygen atoms in total. The van der Waals surface area contributed by atoms with Crippen molar-refractivity contribution < 1.29 is 0 Å². The first-order valence-corrected chi connectivity index (χ1v) is 7.00. The van der Waals surface area contributed by atoms with Gasteiger partial charge in [-0.3, -0.25) is 0 Å². The Labute approximate surface area is 111 Å². The summed E-state index contributed by atoms with van der Waals surface area (Å²) in [6.07, 6.45) is 7.05. The molecule has 2 N–H and O–H groups in total. The van der Waals surface area contributed by atoms with E-state index < -0.39 is 0 Å². The average molecular weight is 250 g/mol. The first-order valence-electron chi connectivity index (χ1n) is 7.00. The molecule has 1 aromatic rings. The fourth-order valence-corrected chi connectivity index (χ4v) is 2.02. The fourth-order valence-electron chi connectivity index (χ4n) is 2.02. The molecule has 1 heterocycles. The van der Waals surface area contributed by atoms with Crippen molar-refractivity contribution >= 4 is 5.95 Å². The molecule has 0 aliphatic heterocycles. The Hall–Kier alpha value is -1.16. The van der Waals surface area contributed by atoms with E-state index in [0.717, 1.165) is 36.9 Å². The van der Waals surface area contributed by atoms with E-state index in [2.05, 4.69) is 35.6 Å². The van der Waals surface area contributed by atoms with Crippen molar-refractivity contribution in [1.82, 2.24) is 9.97 Å². The van der Waals surface area contributed by atoms with E-state index in [4.69, 9.17) is 5.73 Å². The molecule has 0 saturated carbocycles. The first kappa shape index (κ1) is 14.9. The van der Waals surface area contributed by atoms with E-state index >= 15 is 0 Å². The summed E-state index contributed by atoms with van der Waals surface area (Å²) in [4.78, 5) is 11.2. The van der Waals surface area contributed by atoms with E-state index in [-0.39, 0.29) is 0 Å². The normalized spacial score (nSPS) is 10.9. The van der Waals surface area contributed by atoms with E-state index in [9.17, 15) is 0 Å². The highest BCUT2D eigenvalue weighted by molar-refractivity contribution is 5.29. The van der Waals surface area contributed by atoms with Gasteiger partial charge in [0, 0.05) is 25.5 Å². The molecule has 0 unspecified atom stereocenters. The number of hydrogen-bond donors (Lipinski definition) is 1. The van der Waals surface area contributed by atoms with Gasteiger partial charge in [0.2, 0.25) is 5.95 Å². The van der Waals surface area contributed by atoms with Crippen molar-refractivity contribution in [3.05, 3.63) is 18.0 Å². The van der Waals surface area contributed by atoms with Crippen molar-refractivity contribution in [2.24, 2.45) is 11.7 Å². The minimum Gasteiger partial charge on any atom is -0.341 e. The van der Waals surface area contributed by atoms with Gasteiger partial charge in [-0.15, -0.1) is 0 Å². The zero-order valence-electron chi connectivity index (χ0n) is 11.9. The summed E-state index contributed by atoms with van der Waals surface area (Å²) in [5.74, 6) is 1.56. The Kier molecular flexibility index (Phi) is 6.65. The molecule has 0 aliphatic rings. The quantitative estimate of drug-likeness (QED) is 0.769. The Bertz CT molecular complexity index is 319.